The standard InChI is InChI=1S/C9H11F3N2O2S/c1-8(2,9(10,11)12)14-17(15,16)7-4-3-5-13-6-7/h3-6,14H,1-2H3. The van der Waals surface area contributed by atoms with E-state index in [0.717, 1.165) is 20.0 Å². The minimum Gasteiger partial charge on any atom is -0.263 e. The van der Waals surface area contributed by atoms with Crippen LogP contribution in [0.2, 0.25) is 0 Å². The van der Waals surface area contributed by atoms with E-state index >= 15 is 0 Å². The topological polar surface area (TPSA) is 59.1 Å². The summed E-state index contributed by atoms with van der Waals surface area (Å²) < 4.78 is 62.5. The molecule has 0 aliphatic heterocycles. The van der Waals surface area contributed by atoms with Gasteiger partial charge in [0, 0.05) is 12.4 Å². The Morgan fingerprint density at radius 3 is 2.29 bits per heavy atom. The van der Waals surface area contributed by atoms with E-state index in [-0.39, 0.29) is 4.90 Å². The van der Waals surface area contributed by atoms with Crippen molar-refractivity contribution in [2.75, 3.05) is 0 Å². The van der Waals surface area contributed by atoms with Crippen LogP contribution in [-0.4, -0.2) is 25.1 Å². The van der Waals surface area contributed by atoms with Crippen LogP contribution >= 0.6 is 0 Å². The molecule has 1 heterocycles. The number of hydrogen-bond acceptors (Lipinski definition) is 3. The summed E-state index contributed by atoms with van der Waals surface area (Å²) in [6.07, 6.45) is -2.37. The Morgan fingerprint density at radius 1 is 1.29 bits per heavy atom. The Labute approximate surface area is 96.9 Å². The van der Waals surface area contributed by atoms with Gasteiger partial charge in [0.2, 0.25) is 10.0 Å². The molecule has 0 radical (unpaired) electrons. The third-order valence-corrected chi connectivity index (χ3v) is 3.68. The molecule has 0 bridgehead atoms. The van der Waals surface area contributed by atoms with Gasteiger partial charge in [-0.2, -0.15) is 17.9 Å². The number of hydrogen-bond donors (Lipinski definition) is 1. The van der Waals surface area contributed by atoms with Crippen LogP contribution in [0.15, 0.2) is 29.4 Å². The average Bonchev–Trinajstić information content (AvgIpc) is 2.15. The molecule has 0 unspecified atom stereocenters. The fraction of sp³-hybridized carbons (Fsp3) is 0.444. The van der Waals surface area contributed by atoms with Crippen molar-refractivity contribution in [3.63, 3.8) is 0 Å². The van der Waals surface area contributed by atoms with E-state index in [1.54, 1.807) is 4.72 Å². The highest BCUT2D eigenvalue weighted by atomic mass is 32.2. The molecular weight excluding hydrogens is 257 g/mol. The molecular formula is C9H11F3N2O2S. The molecule has 1 N–H and O–H groups in total. The van der Waals surface area contributed by atoms with Crippen molar-refractivity contribution in [1.29, 1.82) is 0 Å². The smallest absolute Gasteiger partial charge is 0.263 e. The fourth-order valence-corrected chi connectivity index (χ4v) is 2.32. The van der Waals surface area contributed by atoms with Crippen LogP contribution in [0.3, 0.4) is 0 Å². The van der Waals surface area contributed by atoms with Crippen molar-refractivity contribution < 1.29 is 21.6 Å². The molecule has 1 rings (SSSR count). The zero-order chi connectivity index (χ0) is 13.3. The first-order valence-corrected chi connectivity index (χ1v) is 6.05. The molecule has 4 nitrogen and oxygen atoms in total. The van der Waals surface area contributed by atoms with Crippen molar-refractivity contribution in [1.82, 2.24) is 9.71 Å². The second-order valence-corrected chi connectivity index (χ2v) is 5.60. The molecule has 0 aliphatic carbocycles. The summed E-state index contributed by atoms with van der Waals surface area (Å²) in [5.74, 6) is 0. The Bertz CT molecular complexity index is 483. The molecule has 17 heavy (non-hydrogen) atoms. The Balaban J connectivity index is 3.04. The lowest BCUT2D eigenvalue weighted by Gasteiger charge is -2.28. The first-order valence-electron chi connectivity index (χ1n) is 4.57. The zero-order valence-electron chi connectivity index (χ0n) is 9.12. The molecule has 0 saturated heterocycles. The number of pyridine rings is 1. The largest absolute Gasteiger partial charge is 0.407 e. The average molecular weight is 268 g/mol. The van der Waals surface area contributed by atoms with E-state index in [1.807, 2.05) is 0 Å². The van der Waals surface area contributed by atoms with Crippen LogP contribution in [0.5, 0.6) is 0 Å². The molecule has 0 aliphatic rings. The maximum absolute atomic E-state index is 12.5. The number of rotatable bonds is 3. The van der Waals surface area contributed by atoms with Crippen LogP contribution in [0.1, 0.15) is 13.8 Å². The van der Waals surface area contributed by atoms with Gasteiger partial charge in [-0.1, -0.05) is 0 Å². The van der Waals surface area contributed by atoms with Crippen molar-refractivity contribution in [2.45, 2.75) is 30.5 Å². The zero-order valence-corrected chi connectivity index (χ0v) is 9.93. The molecule has 96 valence electrons. The predicted octanol–water partition coefficient (Wildman–Crippen LogP) is 1.70. The Hall–Kier alpha value is -1.15. The summed E-state index contributed by atoms with van der Waals surface area (Å²) in [6, 6.07) is 2.50. The first-order chi connectivity index (χ1) is 7.56. The normalized spacial score (nSPS) is 13.7. The number of sulfonamides is 1. The van der Waals surface area contributed by atoms with Gasteiger partial charge >= 0.3 is 6.18 Å². The van der Waals surface area contributed by atoms with Crippen molar-refractivity contribution in [3.8, 4) is 0 Å². The van der Waals surface area contributed by atoms with Gasteiger partial charge < -0.3 is 0 Å². The lowest BCUT2D eigenvalue weighted by atomic mass is 10.1. The molecule has 8 heteroatoms. The van der Waals surface area contributed by atoms with E-state index < -0.39 is 21.7 Å². The first kappa shape index (κ1) is 13.9. The van der Waals surface area contributed by atoms with Gasteiger partial charge in [-0.3, -0.25) is 4.98 Å². The van der Waals surface area contributed by atoms with E-state index in [2.05, 4.69) is 4.98 Å². The second-order valence-electron chi connectivity index (χ2n) is 3.92. The van der Waals surface area contributed by atoms with E-state index in [1.165, 1.54) is 18.3 Å². The van der Waals surface area contributed by atoms with Crippen LogP contribution < -0.4 is 4.72 Å². The minimum absolute atomic E-state index is 0.308. The van der Waals surface area contributed by atoms with Gasteiger partial charge in [0.1, 0.15) is 10.4 Å². The molecule has 0 aromatic carbocycles. The third kappa shape index (κ3) is 3.16. The van der Waals surface area contributed by atoms with E-state index in [4.69, 9.17) is 0 Å². The number of aromatic nitrogens is 1. The molecule has 0 fully saturated rings. The number of halogens is 3. The molecule has 1 aromatic rings. The number of nitrogens with one attached hydrogen (secondary N) is 1. The van der Waals surface area contributed by atoms with Crippen LogP contribution in [0.25, 0.3) is 0 Å². The molecule has 1 aromatic heterocycles. The molecule has 0 saturated carbocycles. The third-order valence-electron chi connectivity index (χ3n) is 2.04. The molecule has 0 spiro atoms. The van der Waals surface area contributed by atoms with E-state index in [9.17, 15) is 21.6 Å². The summed E-state index contributed by atoms with van der Waals surface area (Å²) >= 11 is 0. The van der Waals surface area contributed by atoms with Gasteiger partial charge in [-0.05, 0) is 26.0 Å². The van der Waals surface area contributed by atoms with Crippen LogP contribution in [-0.2, 0) is 10.0 Å². The van der Waals surface area contributed by atoms with Crippen LogP contribution in [0, 0.1) is 0 Å². The van der Waals surface area contributed by atoms with Crippen molar-refractivity contribution in [2.24, 2.45) is 0 Å². The monoisotopic (exact) mass is 268 g/mol. The van der Waals surface area contributed by atoms with Gasteiger partial charge in [-0.25, -0.2) is 8.42 Å². The van der Waals surface area contributed by atoms with Gasteiger partial charge in [0.25, 0.3) is 0 Å². The Kier molecular flexibility index (Phi) is 3.49. The number of nitrogens with zero attached hydrogens (tertiary/aromatic N) is 1. The molecule has 0 atom stereocenters. The number of alkyl halides is 3. The lowest BCUT2D eigenvalue weighted by molar-refractivity contribution is -0.180. The maximum Gasteiger partial charge on any atom is 0.407 e. The quantitative estimate of drug-likeness (QED) is 0.907. The fourth-order valence-electron chi connectivity index (χ4n) is 0.959. The highest BCUT2D eigenvalue weighted by Gasteiger charge is 2.49. The summed E-state index contributed by atoms with van der Waals surface area (Å²) in [4.78, 5) is 3.23. The summed E-state index contributed by atoms with van der Waals surface area (Å²) in [5.41, 5.74) is -2.54. The Morgan fingerprint density at radius 2 is 1.88 bits per heavy atom. The van der Waals surface area contributed by atoms with Crippen molar-refractivity contribution >= 4 is 10.0 Å². The van der Waals surface area contributed by atoms with Gasteiger partial charge in [-0.15, -0.1) is 0 Å². The highest BCUT2D eigenvalue weighted by molar-refractivity contribution is 7.89. The SMILES string of the molecule is CC(C)(NS(=O)(=O)c1cccnc1)C(F)(F)F. The maximum atomic E-state index is 12.5. The highest BCUT2D eigenvalue weighted by Crippen LogP contribution is 2.30. The van der Waals surface area contributed by atoms with E-state index in [0.29, 0.717) is 0 Å². The summed E-state index contributed by atoms with van der Waals surface area (Å²) in [5, 5.41) is 0. The minimum atomic E-state index is -4.68. The van der Waals surface area contributed by atoms with Crippen LogP contribution in [0.4, 0.5) is 13.2 Å². The van der Waals surface area contributed by atoms with Crippen molar-refractivity contribution in [3.05, 3.63) is 24.5 Å². The predicted molar refractivity (Wildman–Crippen MR) is 54.7 cm³/mol. The molecule has 0 amide bonds. The van der Waals surface area contributed by atoms with Gasteiger partial charge in [0.15, 0.2) is 0 Å². The van der Waals surface area contributed by atoms with Gasteiger partial charge in [0.05, 0.1) is 0 Å². The summed E-state index contributed by atoms with van der Waals surface area (Å²) in [6.45, 7) is 1.50. The second kappa shape index (κ2) is 4.26. The summed E-state index contributed by atoms with van der Waals surface area (Å²) in [7, 11) is -4.23. The lowest BCUT2D eigenvalue weighted by Crippen LogP contribution is -2.54.